The minimum Gasteiger partial charge on any atom is -0.393 e. The molecule has 31 heavy (non-hydrogen) atoms. The lowest BCUT2D eigenvalue weighted by molar-refractivity contribution is 0.758. The molecular weight excluding hydrogens is 384 g/mol. The maximum absolute atomic E-state index is 6.73. The average Bonchev–Trinajstić information content (AvgIpc) is 2.84. The molecule has 4 aromatic rings. The van der Waals surface area contributed by atoms with E-state index in [2.05, 4.69) is 56.3 Å². The number of hydrogen-bond acceptors (Lipinski definition) is 6. The Bertz CT molecular complexity index is 1160. The van der Waals surface area contributed by atoms with E-state index in [1.807, 2.05) is 41.3 Å². The number of rotatable bonds is 5. The molecule has 6 heteroatoms. The van der Waals surface area contributed by atoms with Crippen molar-refractivity contribution < 1.29 is 0 Å². The monoisotopic (exact) mass is 408 g/mol. The smallest absolute Gasteiger partial charge is 0.163 e. The van der Waals surface area contributed by atoms with Gasteiger partial charge in [0, 0.05) is 18.4 Å². The largest absolute Gasteiger partial charge is 0.393 e. The van der Waals surface area contributed by atoms with Gasteiger partial charge in [-0.15, -0.1) is 0 Å². The molecule has 0 saturated carbocycles. The number of nitrogens with two attached hydrogens (primary N) is 1. The van der Waals surface area contributed by atoms with E-state index in [0.29, 0.717) is 18.1 Å². The number of hydrogen-bond donors (Lipinski definition) is 1. The molecule has 0 amide bonds. The molecule has 2 aromatic carbocycles. The molecule has 0 unspecified atom stereocenters. The summed E-state index contributed by atoms with van der Waals surface area (Å²) in [5, 5.41) is 0. The normalized spacial score (nSPS) is 13.0. The van der Waals surface area contributed by atoms with Crippen LogP contribution >= 0.6 is 0 Å². The highest BCUT2D eigenvalue weighted by molar-refractivity contribution is 5.83. The van der Waals surface area contributed by atoms with Crippen LogP contribution in [0.4, 0.5) is 28.8 Å². The quantitative estimate of drug-likeness (QED) is 0.508. The first-order valence-corrected chi connectivity index (χ1v) is 10.5. The van der Waals surface area contributed by atoms with E-state index < -0.39 is 0 Å². The van der Waals surface area contributed by atoms with Gasteiger partial charge in [0.05, 0.1) is 6.54 Å². The first kappa shape index (κ1) is 19.1. The van der Waals surface area contributed by atoms with Gasteiger partial charge in [-0.2, -0.15) is 0 Å². The van der Waals surface area contributed by atoms with E-state index in [1.54, 1.807) is 12.5 Å². The minimum atomic E-state index is 0.556. The van der Waals surface area contributed by atoms with Gasteiger partial charge in [-0.3, -0.25) is 0 Å². The molecule has 1 aliphatic heterocycles. The molecule has 0 spiro atoms. The zero-order valence-corrected chi connectivity index (χ0v) is 17.2. The predicted octanol–water partition coefficient (Wildman–Crippen LogP) is 4.88. The van der Waals surface area contributed by atoms with Crippen molar-refractivity contribution in [3.8, 4) is 0 Å². The Morgan fingerprint density at radius 3 is 2.52 bits per heavy atom. The van der Waals surface area contributed by atoms with Crippen LogP contribution < -0.4 is 15.5 Å². The van der Waals surface area contributed by atoms with Crippen molar-refractivity contribution >= 4 is 28.8 Å². The Balaban J connectivity index is 1.59. The number of nitrogens with zero attached hydrogens (tertiary/aromatic N) is 5. The minimum absolute atomic E-state index is 0.556. The van der Waals surface area contributed by atoms with Crippen LogP contribution in [0.1, 0.15) is 17.5 Å². The van der Waals surface area contributed by atoms with E-state index in [4.69, 9.17) is 5.73 Å². The zero-order valence-electron chi connectivity index (χ0n) is 17.2. The fourth-order valence-electron chi connectivity index (χ4n) is 4.10. The molecule has 0 saturated heterocycles. The molecule has 154 valence electrons. The third kappa shape index (κ3) is 3.80. The van der Waals surface area contributed by atoms with Crippen LogP contribution in [-0.4, -0.2) is 21.5 Å². The Hall–Kier alpha value is -3.93. The first-order chi connectivity index (χ1) is 15.3. The van der Waals surface area contributed by atoms with Gasteiger partial charge in [0.1, 0.15) is 17.8 Å². The van der Waals surface area contributed by atoms with Crippen LogP contribution in [-0.2, 0) is 13.0 Å². The van der Waals surface area contributed by atoms with Crippen molar-refractivity contribution in [2.45, 2.75) is 19.4 Å². The van der Waals surface area contributed by atoms with Gasteiger partial charge in [0.2, 0.25) is 0 Å². The summed E-state index contributed by atoms with van der Waals surface area (Å²) in [4.78, 5) is 18.0. The van der Waals surface area contributed by atoms with Crippen LogP contribution in [0.2, 0.25) is 0 Å². The molecule has 0 fully saturated rings. The number of benzene rings is 2. The van der Waals surface area contributed by atoms with E-state index in [9.17, 15) is 0 Å². The molecule has 0 atom stereocenters. The second-order valence-corrected chi connectivity index (χ2v) is 7.58. The van der Waals surface area contributed by atoms with E-state index in [1.165, 1.54) is 5.56 Å². The molecule has 0 aliphatic carbocycles. The maximum atomic E-state index is 6.73. The van der Waals surface area contributed by atoms with Crippen molar-refractivity contribution in [1.82, 2.24) is 15.0 Å². The van der Waals surface area contributed by atoms with Gasteiger partial charge in [0.25, 0.3) is 0 Å². The zero-order chi connectivity index (χ0) is 21.0. The number of aryl methyl sites for hydroxylation is 1. The molecule has 0 radical (unpaired) electrons. The average molecular weight is 409 g/mol. The fraction of sp³-hybridized carbons (Fsp3) is 0.160. The Morgan fingerprint density at radius 2 is 1.68 bits per heavy atom. The van der Waals surface area contributed by atoms with Crippen LogP contribution in [0.3, 0.4) is 0 Å². The third-order valence-corrected chi connectivity index (χ3v) is 5.57. The Morgan fingerprint density at radius 1 is 0.871 bits per heavy atom. The molecule has 1 aliphatic rings. The highest BCUT2D eigenvalue weighted by atomic mass is 15.3. The lowest BCUT2D eigenvalue weighted by Crippen LogP contribution is -2.27. The second-order valence-electron chi connectivity index (χ2n) is 7.58. The standard InChI is InChI=1S/C25H24N6/c26-23-24(30-16-8-12-20-11-4-5-13-21(20)30)28-18-29-25(23)31(22-14-6-7-15-27-22)17-19-9-2-1-3-10-19/h1-7,9-11,13-15,18H,8,12,16-17,26H2. The number of nitrogen functional groups attached to an aromatic ring is 1. The highest BCUT2D eigenvalue weighted by Gasteiger charge is 2.25. The topological polar surface area (TPSA) is 71.2 Å². The van der Waals surface area contributed by atoms with Gasteiger partial charge in [-0.25, -0.2) is 15.0 Å². The van der Waals surface area contributed by atoms with Crippen molar-refractivity contribution in [2.24, 2.45) is 0 Å². The van der Waals surface area contributed by atoms with E-state index >= 15 is 0 Å². The van der Waals surface area contributed by atoms with Crippen LogP contribution in [0.15, 0.2) is 85.3 Å². The summed E-state index contributed by atoms with van der Waals surface area (Å²) >= 11 is 0. The maximum Gasteiger partial charge on any atom is 0.163 e. The second kappa shape index (κ2) is 8.44. The lowest BCUT2D eigenvalue weighted by Gasteiger charge is -2.32. The molecule has 3 heterocycles. The molecule has 2 N–H and O–H groups in total. The van der Waals surface area contributed by atoms with Crippen molar-refractivity contribution in [3.63, 3.8) is 0 Å². The summed E-state index contributed by atoms with van der Waals surface area (Å²) in [5.74, 6) is 2.20. The number of pyridine rings is 1. The van der Waals surface area contributed by atoms with Crippen LogP contribution in [0.5, 0.6) is 0 Å². The fourth-order valence-corrected chi connectivity index (χ4v) is 4.10. The number of anilines is 5. The molecule has 6 nitrogen and oxygen atoms in total. The molecule has 0 bridgehead atoms. The summed E-state index contributed by atoms with van der Waals surface area (Å²) in [6, 6.07) is 24.6. The lowest BCUT2D eigenvalue weighted by atomic mass is 10.0. The van der Waals surface area contributed by atoms with Crippen LogP contribution in [0, 0.1) is 0 Å². The van der Waals surface area contributed by atoms with Gasteiger partial charge in [0.15, 0.2) is 11.6 Å². The molecular formula is C25H24N6. The predicted molar refractivity (Wildman–Crippen MR) is 125 cm³/mol. The number of fused-ring (bicyclic) bond motifs is 1. The van der Waals surface area contributed by atoms with E-state index in [-0.39, 0.29) is 0 Å². The summed E-state index contributed by atoms with van der Waals surface area (Å²) in [5.41, 5.74) is 10.9. The summed E-state index contributed by atoms with van der Waals surface area (Å²) in [6.45, 7) is 1.48. The number of para-hydroxylation sites is 1. The van der Waals surface area contributed by atoms with Crippen molar-refractivity contribution in [1.29, 1.82) is 0 Å². The SMILES string of the molecule is Nc1c(N(Cc2ccccc2)c2ccccn2)ncnc1N1CCCc2ccccc21. The summed E-state index contributed by atoms with van der Waals surface area (Å²) in [6.07, 6.45) is 5.51. The Kier molecular flexibility index (Phi) is 5.19. The number of aromatic nitrogens is 3. The molecule has 2 aromatic heterocycles. The van der Waals surface area contributed by atoms with Crippen molar-refractivity contribution in [3.05, 3.63) is 96.4 Å². The van der Waals surface area contributed by atoms with Gasteiger partial charge >= 0.3 is 0 Å². The van der Waals surface area contributed by atoms with Gasteiger partial charge in [-0.05, 0) is 42.2 Å². The molecule has 5 rings (SSSR count). The van der Waals surface area contributed by atoms with Crippen molar-refractivity contribution in [2.75, 3.05) is 22.1 Å². The van der Waals surface area contributed by atoms with Gasteiger partial charge < -0.3 is 15.5 Å². The van der Waals surface area contributed by atoms with Crippen LogP contribution in [0.25, 0.3) is 0 Å². The summed E-state index contributed by atoms with van der Waals surface area (Å²) in [7, 11) is 0. The van der Waals surface area contributed by atoms with E-state index in [0.717, 1.165) is 42.3 Å². The first-order valence-electron chi connectivity index (χ1n) is 10.5. The summed E-state index contributed by atoms with van der Waals surface area (Å²) < 4.78 is 0. The Labute approximate surface area is 182 Å². The van der Waals surface area contributed by atoms with Gasteiger partial charge in [-0.1, -0.05) is 54.6 Å². The third-order valence-electron chi connectivity index (χ3n) is 5.57. The highest BCUT2D eigenvalue weighted by Crippen LogP contribution is 2.39.